The molecule has 2 aliphatic rings. The van der Waals surface area contributed by atoms with E-state index in [1.54, 1.807) is 0 Å². The number of fused-ring (bicyclic) bond motifs is 2. The number of hydrogen-bond acceptors (Lipinski definition) is 3. The van der Waals surface area contributed by atoms with E-state index in [9.17, 15) is 0 Å². The average Bonchev–Trinajstić information content (AvgIpc) is 2.48. The first-order chi connectivity index (χ1) is 10.1. The van der Waals surface area contributed by atoms with Crippen LogP contribution in [0.5, 0.6) is 0 Å². The van der Waals surface area contributed by atoms with Crippen molar-refractivity contribution in [3.05, 3.63) is 41.3 Å². The first kappa shape index (κ1) is 13.6. The van der Waals surface area contributed by atoms with Crippen molar-refractivity contribution in [3.63, 3.8) is 0 Å². The Kier molecular flexibility index (Phi) is 3.37. The van der Waals surface area contributed by atoms with E-state index in [1.807, 2.05) is 31.2 Å². The summed E-state index contributed by atoms with van der Waals surface area (Å²) in [5, 5.41) is 1.15. The molecule has 21 heavy (non-hydrogen) atoms. The fourth-order valence-corrected chi connectivity index (χ4v) is 2.57. The van der Waals surface area contributed by atoms with Crippen LogP contribution in [0.15, 0.2) is 34.7 Å². The van der Waals surface area contributed by atoms with Crippen molar-refractivity contribution < 1.29 is 4.42 Å². The van der Waals surface area contributed by atoms with Crippen LogP contribution in [0.3, 0.4) is 0 Å². The zero-order chi connectivity index (χ0) is 15.0. The lowest BCUT2D eigenvalue weighted by molar-refractivity contribution is 0.600. The maximum absolute atomic E-state index is 5.99. The predicted octanol–water partition coefficient (Wildman–Crippen LogP) is 2.64. The first-order valence-corrected chi connectivity index (χ1v) is 7.31. The number of hydrogen-bond donors (Lipinski definition) is 1. The van der Waals surface area contributed by atoms with Gasteiger partial charge in [-0.15, -0.1) is 0 Å². The van der Waals surface area contributed by atoms with Gasteiger partial charge in [-0.3, -0.25) is 0 Å². The summed E-state index contributed by atoms with van der Waals surface area (Å²) in [5.41, 5.74) is 10.1. The topological polar surface area (TPSA) is 55.1 Å². The van der Waals surface area contributed by atoms with Crippen LogP contribution < -0.4 is 15.7 Å². The molecule has 1 heterocycles. The Labute approximate surface area is 123 Å². The van der Waals surface area contributed by atoms with Gasteiger partial charge in [-0.2, -0.15) is 0 Å². The third-order valence-electron chi connectivity index (χ3n) is 3.88. The van der Waals surface area contributed by atoms with Crippen molar-refractivity contribution in [2.24, 2.45) is 0 Å². The third kappa shape index (κ3) is 2.37. The Balaban J connectivity index is 2.32. The van der Waals surface area contributed by atoms with Gasteiger partial charge in [0.2, 0.25) is 5.36 Å². The summed E-state index contributed by atoms with van der Waals surface area (Å²) in [6, 6.07) is 9.96. The maximum atomic E-state index is 5.99. The molecule has 0 saturated heterocycles. The lowest BCUT2D eigenvalue weighted by atomic mass is 10.1. The number of aryl methyl sites for hydroxylation is 1. The zero-order valence-corrected chi connectivity index (χ0v) is 12.7. The second-order valence-electron chi connectivity index (χ2n) is 5.21. The minimum atomic E-state index is 0.724. The molecule has 4 nitrogen and oxygen atoms in total. The standard InChI is InChI=1S/C17H19N3O/c1-4-20(5-2)12-6-7-14-16(9-12)21-17-10-13(18)11(3)8-15(17)19-14/h6-10,18H,4-5H2,1-3H3/p+1. The van der Waals surface area contributed by atoms with Crippen LogP contribution in [0.4, 0.5) is 5.69 Å². The highest BCUT2D eigenvalue weighted by Gasteiger charge is 2.12. The molecule has 0 fully saturated rings. The third-order valence-corrected chi connectivity index (χ3v) is 3.88. The number of nitrogens with zero attached hydrogens (tertiary/aromatic N) is 2. The van der Waals surface area contributed by atoms with Crippen molar-refractivity contribution in [3.8, 4) is 11.5 Å². The number of rotatable bonds is 2. The molecule has 2 N–H and O–H groups in total. The summed E-state index contributed by atoms with van der Waals surface area (Å²) < 4.78 is 8.27. The van der Waals surface area contributed by atoms with Crippen molar-refractivity contribution in [2.45, 2.75) is 20.8 Å². The highest BCUT2D eigenvalue weighted by molar-refractivity contribution is 5.80. The molecule has 1 aromatic carbocycles. The summed E-state index contributed by atoms with van der Waals surface area (Å²) >= 11 is 0. The van der Waals surface area contributed by atoms with Crippen molar-refractivity contribution >= 4 is 16.8 Å². The lowest BCUT2D eigenvalue weighted by Crippen LogP contribution is -2.29. The van der Waals surface area contributed by atoms with Gasteiger partial charge in [-0.1, -0.05) is 0 Å². The van der Waals surface area contributed by atoms with Gasteiger partial charge in [0.15, 0.2) is 11.3 Å². The Bertz CT molecular complexity index is 842. The van der Waals surface area contributed by atoms with Crippen molar-refractivity contribution in [2.75, 3.05) is 18.8 Å². The predicted molar refractivity (Wildman–Crippen MR) is 86.1 cm³/mol. The maximum Gasteiger partial charge on any atom is 0.203 e. The summed E-state index contributed by atoms with van der Waals surface area (Å²) in [6.07, 6.45) is 0. The molecule has 0 bridgehead atoms. The number of benzene rings is 2. The summed E-state index contributed by atoms with van der Waals surface area (Å²) in [4.78, 5) is 4.66. The quantitative estimate of drug-likeness (QED) is 0.446. The van der Waals surface area contributed by atoms with E-state index in [4.69, 9.17) is 10.2 Å². The molecule has 0 amide bonds. The Morgan fingerprint density at radius 2 is 1.90 bits per heavy atom. The van der Waals surface area contributed by atoms with Gasteiger partial charge >= 0.3 is 0 Å². The largest absolute Gasteiger partial charge is 0.452 e. The molecular formula is C17H20N3O+. The molecule has 0 aromatic heterocycles. The highest BCUT2D eigenvalue weighted by Crippen LogP contribution is 2.26. The highest BCUT2D eigenvalue weighted by atomic mass is 16.3. The van der Waals surface area contributed by atoms with Gasteiger partial charge in [0, 0.05) is 17.8 Å². The van der Waals surface area contributed by atoms with E-state index in [2.05, 4.69) is 29.5 Å². The normalized spacial score (nSPS) is 11.2. The molecule has 1 aliphatic heterocycles. The van der Waals surface area contributed by atoms with Gasteiger partial charge in [0.25, 0.3) is 0 Å². The van der Waals surface area contributed by atoms with E-state index < -0.39 is 0 Å². The van der Waals surface area contributed by atoms with E-state index in [-0.39, 0.29) is 0 Å². The van der Waals surface area contributed by atoms with Crippen LogP contribution in [0.25, 0.3) is 22.6 Å². The van der Waals surface area contributed by atoms with E-state index in [0.717, 1.165) is 52.3 Å². The Hall–Kier alpha value is -2.36. The summed E-state index contributed by atoms with van der Waals surface area (Å²) in [5.74, 6) is 0.787. The molecule has 4 heteroatoms. The lowest BCUT2D eigenvalue weighted by Gasteiger charge is -2.08. The second-order valence-corrected chi connectivity index (χ2v) is 5.21. The Morgan fingerprint density at radius 1 is 1.14 bits per heavy atom. The molecule has 0 saturated carbocycles. The monoisotopic (exact) mass is 282 g/mol. The minimum absolute atomic E-state index is 0.724. The molecule has 1 aliphatic carbocycles. The molecular weight excluding hydrogens is 262 g/mol. The second kappa shape index (κ2) is 5.20. The van der Waals surface area contributed by atoms with E-state index >= 15 is 0 Å². The summed E-state index contributed by atoms with van der Waals surface area (Å²) in [6.45, 7) is 8.20. The van der Waals surface area contributed by atoms with Crippen LogP contribution in [0.2, 0.25) is 0 Å². The van der Waals surface area contributed by atoms with Gasteiger partial charge < -0.3 is 10.2 Å². The average molecular weight is 282 g/mol. The number of nitrogen functional groups attached to an aromatic ring is 1. The molecule has 108 valence electrons. The SMILES string of the molecule is CC[N+](CC)=c1ccc2nc3cc(C)c(N)cc3oc-2c1. The van der Waals surface area contributed by atoms with Crippen LogP contribution >= 0.6 is 0 Å². The molecule has 0 atom stereocenters. The van der Waals surface area contributed by atoms with Crippen LogP contribution in [-0.2, 0) is 0 Å². The smallest absolute Gasteiger partial charge is 0.203 e. The van der Waals surface area contributed by atoms with Crippen molar-refractivity contribution in [1.82, 2.24) is 9.56 Å². The molecule has 0 radical (unpaired) electrons. The van der Waals surface area contributed by atoms with Crippen LogP contribution in [0, 0.1) is 6.92 Å². The fourth-order valence-electron chi connectivity index (χ4n) is 2.57. The molecule has 1 aromatic rings. The molecule has 0 spiro atoms. The Morgan fingerprint density at radius 3 is 2.62 bits per heavy atom. The first-order valence-electron chi connectivity index (χ1n) is 7.31. The van der Waals surface area contributed by atoms with Gasteiger partial charge in [0.05, 0.1) is 6.07 Å². The number of anilines is 1. The number of aromatic nitrogens is 1. The molecule has 3 rings (SSSR count). The van der Waals surface area contributed by atoms with Crippen LogP contribution in [0.1, 0.15) is 19.4 Å². The van der Waals surface area contributed by atoms with E-state index in [0.29, 0.717) is 0 Å². The number of nitrogens with two attached hydrogens (primary N) is 1. The van der Waals surface area contributed by atoms with E-state index in [1.165, 1.54) is 0 Å². The van der Waals surface area contributed by atoms with Crippen molar-refractivity contribution in [1.29, 1.82) is 0 Å². The fraction of sp³-hybridized carbons (Fsp3) is 0.294. The summed E-state index contributed by atoms with van der Waals surface area (Å²) in [7, 11) is 0. The minimum Gasteiger partial charge on any atom is -0.452 e. The van der Waals surface area contributed by atoms with Gasteiger partial charge in [0.1, 0.15) is 24.3 Å². The van der Waals surface area contributed by atoms with Gasteiger partial charge in [-0.05, 0) is 38.5 Å². The van der Waals surface area contributed by atoms with Gasteiger partial charge in [-0.25, -0.2) is 9.56 Å². The van der Waals surface area contributed by atoms with Crippen LogP contribution in [-0.4, -0.2) is 18.1 Å². The molecule has 0 unspecified atom stereocenters. The zero-order valence-electron chi connectivity index (χ0n) is 12.7.